The molecule has 0 aliphatic carbocycles. The Hall–Kier alpha value is -2.29. The van der Waals surface area contributed by atoms with E-state index in [0.29, 0.717) is 6.42 Å². The smallest absolute Gasteiger partial charge is 0.174 e. The molecule has 0 fully saturated rings. The molecule has 0 N–H and O–H groups in total. The minimum Gasteiger partial charge on any atom is -0.486 e. The highest BCUT2D eigenvalue weighted by atomic mass is 16.5. The van der Waals surface area contributed by atoms with Crippen LogP contribution in [-0.2, 0) is 11.2 Å². The number of anilines is 1. The fraction of sp³-hybridized carbons (Fsp3) is 0.235. The summed E-state index contributed by atoms with van der Waals surface area (Å²) < 4.78 is 5.55. The van der Waals surface area contributed by atoms with Gasteiger partial charge in [-0.25, -0.2) is 0 Å². The van der Waals surface area contributed by atoms with Gasteiger partial charge in [-0.05, 0) is 17.7 Å². The van der Waals surface area contributed by atoms with Gasteiger partial charge in [0.15, 0.2) is 5.78 Å². The second-order valence-corrected chi connectivity index (χ2v) is 4.88. The first-order chi connectivity index (χ1) is 9.65. The van der Waals surface area contributed by atoms with Crippen molar-refractivity contribution in [1.29, 1.82) is 0 Å². The Morgan fingerprint density at radius 2 is 1.80 bits per heavy atom. The Morgan fingerprint density at radius 1 is 1.05 bits per heavy atom. The third kappa shape index (κ3) is 4.12. The highest BCUT2D eigenvalue weighted by Crippen LogP contribution is 2.19. The Labute approximate surface area is 119 Å². The first kappa shape index (κ1) is 14.1. The van der Waals surface area contributed by atoms with Crippen LogP contribution in [0.5, 0.6) is 5.75 Å². The molecule has 0 aromatic heterocycles. The molecule has 0 saturated heterocycles. The molecule has 0 radical (unpaired) electrons. The lowest BCUT2D eigenvalue weighted by Gasteiger charge is -2.13. The van der Waals surface area contributed by atoms with Gasteiger partial charge in [0, 0.05) is 32.3 Å². The summed E-state index contributed by atoms with van der Waals surface area (Å²) in [5.41, 5.74) is 2.07. The molecule has 0 saturated carbocycles. The predicted octanol–water partition coefficient (Wildman–Crippen LogP) is 2.94. The van der Waals surface area contributed by atoms with Crippen LogP contribution < -0.4 is 9.64 Å². The molecule has 0 amide bonds. The van der Waals surface area contributed by atoms with Crippen LogP contribution in [0, 0.1) is 0 Å². The standard InChI is InChI=1S/C17H19NO2/c1-18(2)15-9-6-10-17(12-15)20-13-16(19)11-14-7-4-3-5-8-14/h3-10,12H,11,13H2,1-2H3. The third-order valence-electron chi connectivity index (χ3n) is 2.98. The van der Waals surface area contributed by atoms with E-state index in [4.69, 9.17) is 4.74 Å². The number of ketones is 1. The normalized spacial score (nSPS) is 10.1. The quantitative estimate of drug-likeness (QED) is 0.807. The average Bonchev–Trinajstić information content (AvgIpc) is 2.46. The molecule has 0 heterocycles. The van der Waals surface area contributed by atoms with Crippen LogP contribution in [0.1, 0.15) is 5.56 Å². The summed E-state index contributed by atoms with van der Waals surface area (Å²) in [4.78, 5) is 13.9. The maximum absolute atomic E-state index is 11.9. The van der Waals surface area contributed by atoms with Crippen LogP contribution in [0.2, 0.25) is 0 Å². The van der Waals surface area contributed by atoms with E-state index in [1.54, 1.807) is 0 Å². The first-order valence-corrected chi connectivity index (χ1v) is 6.61. The van der Waals surface area contributed by atoms with Gasteiger partial charge >= 0.3 is 0 Å². The zero-order valence-electron chi connectivity index (χ0n) is 11.9. The molecular weight excluding hydrogens is 250 g/mol. The van der Waals surface area contributed by atoms with Crippen molar-refractivity contribution in [2.75, 3.05) is 25.6 Å². The number of benzene rings is 2. The maximum Gasteiger partial charge on any atom is 0.174 e. The number of hydrogen-bond donors (Lipinski definition) is 0. The van der Waals surface area contributed by atoms with Crippen LogP contribution in [0.4, 0.5) is 5.69 Å². The number of carbonyl (C=O) groups excluding carboxylic acids is 1. The number of Topliss-reactive ketones (excluding diaryl/α,β-unsaturated/α-hetero) is 1. The van der Waals surface area contributed by atoms with Crippen molar-refractivity contribution in [2.45, 2.75) is 6.42 Å². The van der Waals surface area contributed by atoms with Crippen molar-refractivity contribution in [1.82, 2.24) is 0 Å². The van der Waals surface area contributed by atoms with Crippen LogP contribution in [0.25, 0.3) is 0 Å². The van der Waals surface area contributed by atoms with E-state index < -0.39 is 0 Å². The lowest BCUT2D eigenvalue weighted by molar-refractivity contribution is -0.120. The SMILES string of the molecule is CN(C)c1cccc(OCC(=O)Cc2ccccc2)c1. The van der Waals surface area contributed by atoms with Gasteiger partial charge in [-0.1, -0.05) is 36.4 Å². The van der Waals surface area contributed by atoms with Crippen LogP contribution in [0.3, 0.4) is 0 Å². The summed E-state index contributed by atoms with van der Waals surface area (Å²) in [6.45, 7) is 0.103. The number of carbonyl (C=O) groups is 1. The number of nitrogens with zero attached hydrogens (tertiary/aromatic N) is 1. The van der Waals surface area contributed by atoms with Crippen molar-refractivity contribution < 1.29 is 9.53 Å². The van der Waals surface area contributed by atoms with Crippen LogP contribution in [-0.4, -0.2) is 26.5 Å². The fourth-order valence-corrected chi connectivity index (χ4v) is 1.89. The summed E-state index contributed by atoms with van der Waals surface area (Å²) in [6.07, 6.45) is 0.411. The third-order valence-corrected chi connectivity index (χ3v) is 2.98. The van der Waals surface area contributed by atoms with E-state index in [-0.39, 0.29) is 12.4 Å². The van der Waals surface area contributed by atoms with Crippen LogP contribution >= 0.6 is 0 Å². The van der Waals surface area contributed by atoms with Crippen molar-refractivity contribution in [3.8, 4) is 5.75 Å². The highest BCUT2D eigenvalue weighted by Gasteiger charge is 2.05. The Morgan fingerprint density at radius 3 is 2.50 bits per heavy atom. The van der Waals surface area contributed by atoms with E-state index in [1.165, 1.54) is 0 Å². The number of ether oxygens (including phenoxy) is 1. The number of rotatable bonds is 6. The highest BCUT2D eigenvalue weighted by molar-refractivity contribution is 5.82. The summed E-state index contributed by atoms with van der Waals surface area (Å²) in [5.74, 6) is 0.795. The van der Waals surface area contributed by atoms with Crippen LogP contribution in [0.15, 0.2) is 54.6 Å². The summed E-state index contributed by atoms with van der Waals surface area (Å²) in [5, 5.41) is 0. The van der Waals surface area contributed by atoms with Gasteiger partial charge in [0.05, 0.1) is 0 Å². The van der Waals surface area contributed by atoms with Gasteiger partial charge in [0.1, 0.15) is 12.4 Å². The van der Waals surface area contributed by atoms with E-state index >= 15 is 0 Å². The summed E-state index contributed by atoms with van der Waals surface area (Å²) in [6, 6.07) is 17.4. The van der Waals surface area contributed by atoms with E-state index in [9.17, 15) is 4.79 Å². The molecule has 3 nitrogen and oxygen atoms in total. The molecule has 0 unspecified atom stereocenters. The molecule has 2 aromatic carbocycles. The fourth-order valence-electron chi connectivity index (χ4n) is 1.89. The van der Waals surface area contributed by atoms with Crippen molar-refractivity contribution in [3.05, 3.63) is 60.2 Å². The largest absolute Gasteiger partial charge is 0.486 e. The van der Waals surface area contributed by atoms with E-state index in [2.05, 4.69) is 0 Å². The Bertz CT molecular complexity index is 564. The van der Waals surface area contributed by atoms with Crippen molar-refractivity contribution >= 4 is 11.5 Å². The molecule has 3 heteroatoms. The molecule has 0 atom stereocenters. The van der Waals surface area contributed by atoms with Gasteiger partial charge in [-0.15, -0.1) is 0 Å². The molecule has 20 heavy (non-hydrogen) atoms. The molecular formula is C17H19NO2. The molecule has 0 bridgehead atoms. The monoisotopic (exact) mass is 269 g/mol. The second kappa shape index (κ2) is 6.75. The minimum absolute atomic E-state index is 0.0754. The lowest BCUT2D eigenvalue weighted by Crippen LogP contribution is -2.14. The van der Waals surface area contributed by atoms with Gasteiger partial charge in [-0.3, -0.25) is 4.79 Å². The molecule has 0 aliphatic heterocycles. The summed E-state index contributed by atoms with van der Waals surface area (Å²) >= 11 is 0. The van der Waals surface area contributed by atoms with Crippen molar-refractivity contribution in [2.24, 2.45) is 0 Å². The zero-order valence-corrected chi connectivity index (χ0v) is 11.9. The molecule has 0 spiro atoms. The van der Waals surface area contributed by atoms with Gasteiger partial charge in [0.25, 0.3) is 0 Å². The van der Waals surface area contributed by atoms with Gasteiger partial charge in [0.2, 0.25) is 0 Å². The first-order valence-electron chi connectivity index (χ1n) is 6.61. The maximum atomic E-state index is 11.9. The summed E-state index contributed by atoms with van der Waals surface area (Å²) in [7, 11) is 3.94. The van der Waals surface area contributed by atoms with E-state index in [0.717, 1.165) is 17.0 Å². The minimum atomic E-state index is 0.0754. The molecule has 104 valence electrons. The molecule has 2 rings (SSSR count). The topological polar surface area (TPSA) is 29.5 Å². The van der Waals surface area contributed by atoms with Gasteiger partial charge < -0.3 is 9.64 Å². The molecule has 2 aromatic rings. The van der Waals surface area contributed by atoms with E-state index in [1.807, 2.05) is 73.6 Å². The molecule has 0 aliphatic rings. The number of hydrogen-bond acceptors (Lipinski definition) is 3. The van der Waals surface area contributed by atoms with Crippen molar-refractivity contribution in [3.63, 3.8) is 0 Å². The Kier molecular flexibility index (Phi) is 4.77. The predicted molar refractivity (Wildman–Crippen MR) is 81.4 cm³/mol. The lowest BCUT2D eigenvalue weighted by atomic mass is 10.1. The average molecular weight is 269 g/mol. The van der Waals surface area contributed by atoms with Gasteiger partial charge in [-0.2, -0.15) is 0 Å². The Balaban J connectivity index is 1.89. The zero-order chi connectivity index (χ0) is 14.4. The second-order valence-electron chi connectivity index (χ2n) is 4.88.